The highest BCUT2D eigenvalue weighted by molar-refractivity contribution is 5.91. The molecule has 0 saturated heterocycles. The molecule has 4 unspecified atom stereocenters. The van der Waals surface area contributed by atoms with Crippen LogP contribution in [-0.4, -0.2) is 36.0 Å². The zero-order chi connectivity index (χ0) is 20.8. The lowest BCUT2D eigenvalue weighted by molar-refractivity contribution is -0.132. The first-order chi connectivity index (χ1) is 13.8. The van der Waals surface area contributed by atoms with Gasteiger partial charge in [0.05, 0.1) is 0 Å². The minimum Gasteiger partial charge on any atom is -0.465 e. The molecule has 0 bridgehead atoms. The second kappa shape index (κ2) is 7.44. The molecule has 0 aromatic rings. The Balaban J connectivity index is 1.46. The molecule has 0 aromatic heterocycles. The summed E-state index contributed by atoms with van der Waals surface area (Å²) in [7, 11) is 0. The fourth-order valence-electron chi connectivity index (χ4n) is 7.47. The summed E-state index contributed by atoms with van der Waals surface area (Å²) >= 11 is 0. The summed E-state index contributed by atoms with van der Waals surface area (Å²) < 4.78 is 0. The SMILES string of the molecule is C[C@]12CCC3C(CCC4=CC(=O)CC[C@@]43C)C1CCC2C(=O)NCCNC(=O)O. The largest absolute Gasteiger partial charge is 0.465 e. The van der Waals surface area contributed by atoms with Crippen molar-refractivity contribution in [1.82, 2.24) is 10.6 Å². The van der Waals surface area contributed by atoms with E-state index in [4.69, 9.17) is 5.11 Å². The van der Waals surface area contributed by atoms with Gasteiger partial charge in [-0.15, -0.1) is 0 Å². The second-order valence-electron chi connectivity index (χ2n) is 10.2. The number of allylic oxidation sites excluding steroid dienone is 1. The van der Waals surface area contributed by atoms with Gasteiger partial charge in [-0.25, -0.2) is 4.79 Å². The van der Waals surface area contributed by atoms with Crippen LogP contribution in [0, 0.1) is 34.5 Å². The quantitative estimate of drug-likeness (QED) is 0.627. The summed E-state index contributed by atoms with van der Waals surface area (Å²) in [5, 5.41) is 13.9. The van der Waals surface area contributed by atoms with E-state index in [0.717, 1.165) is 44.9 Å². The van der Waals surface area contributed by atoms with Gasteiger partial charge in [-0.3, -0.25) is 9.59 Å². The normalized spacial score (nSPS) is 40.9. The van der Waals surface area contributed by atoms with Crippen LogP contribution < -0.4 is 10.6 Å². The lowest BCUT2D eigenvalue weighted by Crippen LogP contribution is -2.52. The predicted octanol–water partition coefficient (Wildman–Crippen LogP) is 3.52. The molecule has 2 amide bonds. The maximum atomic E-state index is 12.9. The molecule has 4 aliphatic carbocycles. The van der Waals surface area contributed by atoms with E-state index >= 15 is 0 Å². The molecule has 0 aliphatic heterocycles. The highest BCUT2D eigenvalue weighted by atomic mass is 16.4. The van der Waals surface area contributed by atoms with Crippen LogP contribution in [0.1, 0.15) is 65.2 Å². The van der Waals surface area contributed by atoms with E-state index in [9.17, 15) is 14.4 Å². The summed E-state index contributed by atoms with van der Waals surface area (Å²) in [6.45, 7) is 5.29. The number of ketones is 1. The Labute approximate surface area is 172 Å². The van der Waals surface area contributed by atoms with Crippen molar-refractivity contribution in [2.24, 2.45) is 34.5 Å². The van der Waals surface area contributed by atoms with Crippen LogP contribution in [0.25, 0.3) is 0 Å². The number of fused-ring (bicyclic) bond motifs is 5. The third kappa shape index (κ3) is 3.38. The predicted molar refractivity (Wildman–Crippen MR) is 109 cm³/mol. The number of hydrogen-bond acceptors (Lipinski definition) is 3. The highest BCUT2D eigenvalue weighted by Gasteiger charge is 2.60. The average Bonchev–Trinajstić information content (AvgIpc) is 3.03. The molecule has 0 spiro atoms. The Kier molecular flexibility index (Phi) is 5.24. The van der Waals surface area contributed by atoms with E-state index in [1.165, 1.54) is 5.57 Å². The smallest absolute Gasteiger partial charge is 0.404 e. The maximum absolute atomic E-state index is 12.9. The van der Waals surface area contributed by atoms with Gasteiger partial charge < -0.3 is 15.7 Å². The highest BCUT2D eigenvalue weighted by Crippen LogP contribution is 2.66. The second-order valence-corrected chi connectivity index (χ2v) is 10.2. The van der Waals surface area contributed by atoms with Crippen LogP contribution in [0.15, 0.2) is 11.6 Å². The zero-order valence-electron chi connectivity index (χ0n) is 17.6. The first kappa shape index (κ1) is 20.4. The van der Waals surface area contributed by atoms with Gasteiger partial charge in [0.15, 0.2) is 5.78 Å². The van der Waals surface area contributed by atoms with E-state index in [0.29, 0.717) is 36.5 Å². The van der Waals surface area contributed by atoms with Crippen molar-refractivity contribution in [1.29, 1.82) is 0 Å². The van der Waals surface area contributed by atoms with Crippen molar-refractivity contribution in [3.05, 3.63) is 11.6 Å². The van der Waals surface area contributed by atoms with Crippen LogP contribution in [-0.2, 0) is 9.59 Å². The molecule has 0 heterocycles. The van der Waals surface area contributed by atoms with Crippen LogP contribution in [0.5, 0.6) is 0 Å². The summed E-state index contributed by atoms with van der Waals surface area (Å²) in [4.78, 5) is 35.4. The van der Waals surface area contributed by atoms with Crippen molar-refractivity contribution in [3.63, 3.8) is 0 Å². The molecular formula is C23H34N2O4. The first-order valence-corrected chi connectivity index (χ1v) is 11.2. The summed E-state index contributed by atoms with van der Waals surface area (Å²) in [6, 6.07) is 0. The van der Waals surface area contributed by atoms with E-state index < -0.39 is 6.09 Å². The van der Waals surface area contributed by atoms with Crippen molar-refractivity contribution < 1.29 is 19.5 Å². The molecule has 4 aliphatic rings. The van der Waals surface area contributed by atoms with Gasteiger partial charge in [0, 0.05) is 25.4 Å². The number of carbonyl (C=O) groups excluding carboxylic acids is 2. The lowest BCUT2D eigenvalue weighted by atomic mass is 9.47. The Morgan fingerprint density at radius 1 is 1.03 bits per heavy atom. The van der Waals surface area contributed by atoms with E-state index in [1.807, 2.05) is 6.08 Å². The van der Waals surface area contributed by atoms with Gasteiger partial charge in [-0.05, 0) is 79.6 Å². The van der Waals surface area contributed by atoms with E-state index in [-0.39, 0.29) is 29.2 Å². The molecule has 29 heavy (non-hydrogen) atoms. The first-order valence-electron chi connectivity index (χ1n) is 11.2. The van der Waals surface area contributed by atoms with Gasteiger partial charge in [0.2, 0.25) is 5.91 Å². The van der Waals surface area contributed by atoms with Crippen LogP contribution >= 0.6 is 0 Å². The molecule has 160 valence electrons. The fourth-order valence-corrected chi connectivity index (χ4v) is 7.47. The summed E-state index contributed by atoms with van der Waals surface area (Å²) in [6.07, 6.45) is 8.99. The molecule has 6 atom stereocenters. The number of carboxylic acid groups (broad SMARTS) is 1. The summed E-state index contributed by atoms with van der Waals surface area (Å²) in [5.74, 6) is 2.27. The van der Waals surface area contributed by atoms with Crippen molar-refractivity contribution in [3.8, 4) is 0 Å². The molecular weight excluding hydrogens is 368 g/mol. The van der Waals surface area contributed by atoms with Crippen molar-refractivity contribution in [2.75, 3.05) is 13.1 Å². The molecule has 0 radical (unpaired) electrons. The van der Waals surface area contributed by atoms with Gasteiger partial charge in [-0.1, -0.05) is 19.4 Å². The van der Waals surface area contributed by atoms with Gasteiger partial charge >= 0.3 is 6.09 Å². The number of hydrogen-bond donors (Lipinski definition) is 3. The molecule has 3 saturated carbocycles. The standard InChI is InChI=1S/C23H34N2O4/c1-22-9-7-15(26)13-14(22)3-4-16-17-5-6-19(23(17,2)10-8-18(16)22)20(27)24-11-12-25-21(28)29/h13,16-19,25H,3-12H2,1-2H3,(H,24,27)(H,28,29)/t16?,17?,18?,19?,22-,23-/m0/s1. The van der Waals surface area contributed by atoms with E-state index in [1.54, 1.807) is 0 Å². The third-order valence-corrected chi connectivity index (χ3v) is 8.98. The Hall–Kier alpha value is -1.85. The Morgan fingerprint density at radius 2 is 1.79 bits per heavy atom. The Bertz CT molecular complexity index is 747. The molecule has 0 aromatic carbocycles. The monoisotopic (exact) mass is 402 g/mol. The molecule has 3 fully saturated rings. The van der Waals surface area contributed by atoms with Crippen molar-refractivity contribution in [2.45, 2.75) is 65.2 Å². The zero-order valence-corrected chi connectivity index (χ0v) is 17.6. The molecule has 6 nitrogen and oxygen atoms in total. The van der Waals surface area contributed by atoms with Crippen LogP contribution in [0.2, 0.25) is 0 Å². The van der Waals surface area contributed by atoms with Gasteiger partial charge in [-0.2, -0.15) is 0 Å². The van der Waals surface area contributed by atoms with Crippen LogP contribution in [0.4, 0.5) is 4.79 Å². The average molecular weight is 403 g/mol. The molecule has 6 heteroatoms. The molecule has 4 rings (SSSR count). The van der Waals surface area contributed by atoms with Gasteiger partial charge in [0.25, 0.3) is 0 Å². The van der Waals surface area contributed by atoms with Crippen molar-refractivity contribution >= 4 is 17.8 Å². The lowest BCUT2D eigenvalue weighted by Gasteiger charge is -2.58. The number of rotatable bonds is 4. The number of amides is 2. The minimum absolute atomic E-state index is 0.0240. The topological polar surface area (TPSA) is 95.5 Å². The fraction of sp³-hybridized carbons (Fsp3) is 0.783. The minimum atomic E-state index is -1.06. The van der Waals surface area contributed by atoms with Gasteiger partial charge in [0.1, 0.15) is 0 Å². The Morgan fingerprint density at radius 3 is 2.55 bits per heavy atom. The number of nitrogens with one attached hydrogen (secondary N) is 2. The third-order valence-electron chi connectivity index (χ3n) is 8.98. The number of carbonyl (C=O) groups is 3. The summed E-state index contributed by atoms with van der Waals surface area (Å²) in [5.41, 5.74) is 1.59. The molecule has 3 N–H and O–H groups in total. The van der Waals surface area contributed by atoms with Crippen LogP contribution in [0.3, 0.4) is 0 Å². The maximum Gasteiger partial charge on any atom is 0.404 e. The van der Waals surface area contributed by atoms with E-state index in [2.05, 4.69) is 24.5 Å².